The van der Waals surface area contributed by atoms with Crippen LogP contribution in [0.3, 0.4) is 0 Å². The summed E-state index contributed by atoms with van der Waals surface area (Å²) in [7, 11) is 0. The molecule has 0 fully saturated rings. The number of amides is 1. The molecule has 0 saturated heterocycles. The van der Waals surface area contributed by atoms with Gasteiger partial charge in [-0.3, -0.25) is 19.0 Å². The van der Waals surface area contributed by atoms with Crippen LogP contribution in [0.5, 0.6) is 0 Å². The van der Waals surface area contributed by atoms with Gasteiger partial charge in [0.2, 0.25) is 5.91 Å². The van der Waals surface area contributed by atoms with E-state index in [-0.39, 0.29) is 23.8 Å². The van der Waals surface area contributed by atoms with E-state index in [0.717, 1.165) is 10.0 Å². The molecular weight excluding hydrogens is 454 g/mol. The molecule has 30 heavy (non-hydrogen) atoms. The SMILES string of the molecule is CC1Cc2cc(Br)cc3[nH]c(=O)c(=O)n(c23)C1CC(=O)Nc1ccc(C(=O)O)cc1. The Kier molecular flexibility index (Phi) is 5.07. The molecule has 1 amide bonds. The molecule has 2 aromatic carbocycles. The van der Waals surface area contributed by atoms with E-state index in [9.17, 15) is 19.2 Å². The molecule has 9 heteroatoms. The van der Waals surface area contributed by atoms with Gasteiger partial charge in [-0.25, -0.2) is 4.79 Å². The summed E-state index contributed by atoms with van der Waals surface area (Å²) in [6, 6.07) is 9.02. The van der Waals surface area contributed by atoms with E-state index in [1.54, 1.807) is 6.07 Å². The van der Waals surface area contributed by atoms with E-state index >= 15 is 0 Å². The first kappa shape index (κ1) is 20.1. The van der Waals surface area contributed by atoms with Crippen molar-refractivity contribution in [2.75, 3.05) is 5.32 Å². The van der Waals surface area contributed by atoms with Crippen molar-refractivity contribution in [3.8, 4) is 0 Å². The van der Waals surface area contributed by atoms with E-state index in [0.29, 0.717) is 23.1 Å². The van der Waals surface area contributed by atoms with Crippen LogP contribution < -0.4 is 16.4 Å². The number of carboxylic acids is 1. The lowest BCUT2D eigenvalue weighted by Crippen LogP contribution is -2.43. The molecule has 2 heterocycles. The summed E-state index contributed by atoms with van der Waals surface area (Å²) in [4.78, 5) is 51.2. The molecule has 0 saturated carbocycles. The van der Waals surface area contributed by atoms with Gasteiger partial charge in [0.15, 0.2) is 0 Å². The number of aromatic nitrogens is 2. The number of aromatic amines is 1. The Hall–Kier alpha value is -3.20. The molecule has 0 aliphatic carbocycles. The van der Waals surface area contributed by atoms with Gasteiger partial charge < -0.3 is 15.4 Å². The van der Waals surface area contributed by atoms with Crippen LogP contribution in [0.1, 0.15) is 35.3 Å². The van der Waals surface area contributed by atoms with Gasteiger partial charge >= 0.3 is 17.1 Å². The third kappa shape index (κ3) is 3.56. The molecule has 2 unspecified atom stereocenters. The quantitative estimate of drug-likeness (QED) is 0.505. The van der Waals surface area contributed by atoms with Crippen LogP contribution in [0, 0.1) is 5.92 Å². The summed E-state index contributed by atoms with van der Waals surface area (Å²) in [6.45, 7) is 1.95. The third-order valence-electron chi connectivity index (χ3n) is 5.40. The average Bonchev–Trinajstić information content (AvgIpc) is 2.67. The fourth-order valence-corrected chi connectivity index (χ4v) is 4.53. The molecule has 1 aromatic heterocycles. The molecule has 2 atom stereocenters. The monoisotopic (exact) mass is 471 g/mol. The zero-order valence-corrected chi connectivity index (χ0v) is 17.5. The molecule has 0 bridgehead atoms. The number of carboxylic acid groups (broad SMARTS) is 1. The molecule has 1 aliphatic heterocycles. The Bertz CT molecular complexity index is 1290. The van der Waals surface area contributed by atoms with Crippen molar-refractivity contribution in [2.24, 2.45) is 5.92 Å². The summed E-state index contributed by atoms with van der Waals surface area (Å²) >= 11 is 3.43. The summed E-state index contributed by atoms with van der Waals surface area (Å²) < 4.78 is 2.25. The number of nitrogens with zero attached hydrogens (tertiary/aromatic N) is 1. The minimum Gasteiger partial charge on any atom is -0.478 e. The molecular formula is C21H18BrN3O5. The maximum atomic E-state index is 12.7. The fourth-order valence-electron chi connectivity index (χ4n) is 4.02. The molecule has 1 aliphatic rings. The van der Waals surface area contributed by atoms with Crippen LogP contribution in [-0.4, -0.2) is 26.5 Å². The van der Waals surface area contributed by atoms with Crippen LogP contribution in [0.25, 0.3) is 11.0 Å². The lowest BCUT2D eigenvalue weighted by atomic mass is 9.87. The zero-order chi connectivity index (χ0) is 21.6. The largest absolute Gasteiger partial charge is 0.478 e. The summed E-state index contributed by atoms with van der Waals surface area (Å²) in [5.74, 6) is -1.42. The molecule has 3 aromatic rings. The van der Waals surface area contributed by atoms with Crippen LogP contribution in [0.2, 0.25) is 0 Å². The second-order valence-corrected chi connectivity index (χ2v) is 8.39. The predicted octanol–water partition coefficient (Wildman–Crippen LogP) is 2.91. The second kappa shape index (κ2) is 7.56. The van der Waals surface area contributed by atoms with Crippen LogP contribution in [-0.2, 0) is 11.2 Å². The van der Waals surface area contributed by atoms with Crippen LogP contribution >= 0.6 is 15.9 Å². The van der Waals surface area contributed by atoms with Gasteiger partial charge in [0.05, 0.1) is 16.6 Å². The molecule has 0 spiro atoms. The van der Waals surface area contributed by atoms with Crippen molar-refractivity contribution in [1.29, 1.82) is 0 Å². The highest BCUT2D eigenvalue weighted by atomic mass is 79.9. The zero-order valence-electron chi connectivity index (χ0n) is 15.9. The Morgan fingerprint density at radius 3 is 2.60 bits per heavy atom. The number of H-pyrrole nitrogens is 1. The number of nitrogens with one attached hydrogen (secondary N) is 2. The smallest absolute Gasteiger partial charge is 0.335 e. The number of aromatic carboxylic acids is 1. The standard InChI is InChI=1S/C21H18BrN3O5/c1-10-6-12-7-13(22)8-15-18(12)25(20(28)19(27)24-15)16(10)9-17(26)23-14-4-2-11(3-5-14)21(29)30/h2-5,7-8,10,16H,6,9H2,1H3,(H,23,26)(H,24,27)(H,29,30). The minimum atomic E-state index is -1.05. The lowest BCUT2D eigenvalue weighted by Gasteiger charge is -2.32. The van der Waals surface area contributed by atoms with E-state index in [1.165, 1.54) is 28.8 Å². The number of halogens is 1. The van der Waals surface area contributed by atoms with Crippen molar-refractivity contribution in [1.82, 2.24) is 9.55 Å². The molecule has 4 rings (SSSR count). The maximum Gasteiger partial charge on any atom is 0.335 e. The number of hydrogen-bond acceptors (Lipinski definition) is 4. The minimum absolute atomic E-state index is 0.00973. The van der Waals surface area contributed by atoms with Gasteiger partial charge in [0.1, 0.15) is 0 Å². The number of benzene rings is 2. The highest BCUT2D eigenvalue weighted by Gasteiger charge is 2.31. The summed E-state index contributed by atoms with van der Waals surface area (Å²) in [6.07, 6.45) is 0.669. The molecule has 8 nitrogen and oxygen atoms in total. The highest BCUT2D eigenvalue weighted by molar-refractivity contribution is 9.10. The maximum absolute atomic E-state index is 12.7. The summed E-state index contributed by atoms with van der Waals surface area (Å²) in [5.41, 5.74) is 1.29. The average molecular weight is 472 g/mol. The predicted molar refractivity (Wildman–Crippen MR) is 115 cm³/mol. The first-order chi connectivity index (χ1) is 14.2. The van der Waals surface area contributed by atoms with Gasteiger partial charge in [-0.2, -0.15) is 0 Å². The van der Waals surface area contributed by atoms with Crippen molar-refractivity contribution < 1.29 is 14.7 Å². The Morgan fingerprint density at radius 1 is 1.23 bits per heavy atom. The van der Waals surface area contributed by atoms with Crippen molar-refractivity contribution in [3.05, 3.63) is 72.7 Å². The number of carbonyl (C=O) groups excluding carboxylic acids is 1. The topological polar surface area (TPSA) is 121 Å². The van der Waals surface area contributed by atoms with E-state index < -0.39 is 23.1 Å². The lowest BCUT2D eigenvalue weighted by molar-refractivity contribution is -0.117. The molecule has 0 radical (unpaired) electrons. The van der Waals surface area contributed by atoms with Gasteiger partial charge in [0.25, 0.3) is 0 Å². The number of carbonyl (C=O) groups is 2. The molecule has 3 N–H and O–H groups in total. The molecule has 154 valence electrons. The highest BCUT2D eigenvalue weighted by Crippen LogP contribution is 2.35. The van der Waals surface area contributed by atoms with Crippen molar-refractivity contribution in [2.45, 2.75) is 25.8 Å². The van der Waals surface area contributed by atoms with Crippen molar-refractivity contribution in [3.63, 3.8) is 0 Å². The third-order valence-corrected chi connectivity index (χ3v) is 5.85. The first-order valence-corrected chi connectivity index (χ1v) is 10.1. The van der Waals surface area contributed by atoms with Crippen molar-refractivity contribution >= 4 is 44.5 Å². The van der Waals surface area contributed by atoms with Crippen LogP contribution in [0.4, 0.5) is 5.69 Å². The normalized spacial score (nSPS) is 17.7. The van der Waals surface area contributed by atoms with Gasteiger partial charge in [-0.15, -0.1) is 0 Å². The fraction of sp³-hybridized carbons (Fsp3) is 0.238. The Labute approximate surface area is 178 Å². The number of anilines is 1. The number of hydrogen-bond donors (Lipinski definition) is 3. The first-order valence-electron chi connectivity index (χ1n) is 9.34. The van der Waals surface area contributed by atoms with Gasteiger partial charge in [-0.05, 0) is 54.3 Å². The Balaban J connectivity index is 1.68. The number of rotatable bonds is 4. The van der Waals surface area contributed by atoms with Gasteiger partial charge in [0, 0.05) is 22.6 Å². The second-order valence-electron chi connectivity index (χ2n) is 7.47. The summed E-state index contributed by atoms with van der Waals surface area (Å²) in [5, 5.41) is 11.7. The van der Waals surface area contributed by atoms with Gasteiger partial charge in [-0.1, -0.05) is 22.9 Å². The Morgan fingerprint density at radius 2 is 1.93 bits per heavy atom. The van der Waals surface area contributed by atoms with E-state index in [1.807, 2.05) is 13.0 Å². The van der Waals surface area contributed by atoms with E-state index in [2.05, 4.69) is 26.2 Å². The van der Waals surface area contributed by atoms with E-state index in [4.69, 9.17) is 5.11 Å². The van der Waals surface area contributed by atoms with Crippen LogP contribution in [0.15, 0.2) is 50.5 Å².